The second kappa shape index (κ2) is 6.83. The van der Waals surface area contributed by atoms with Gasteiger partial charge in [-0.25, -0.2) is 9.97 Å². The zero-order valence-corrected chi connectivity index (χ0v) is 12.2. The molecule has 112 valence electrons. The second-order valence-electron chi connectivity index (χ2n) is 4.89. The lowest BCUT2D eigenvalue weighted by molar-refractivity contribution is -0.121. The molecule has 0 aliphatic heterocycles. The molecule has 3 N–H and O–H groups in total. The number of nitrogens with one attached hydrogen (secondary N) is 3. The molecule has 2 heterocycles. The number of aryl methyl sites for hydroxylation is 2. The molecule has 0 aliphatic rings. The van der Waals surface area contributed by atoms with Crippen molar-refractivity contribution in [2.24, 2.45) is 0 Å². The van der Waals surface area contributed by atoms with Gasteiger partial charge in [0.1, 0.15) is 5.82 Å². The van der Waals surface area contributed by atoms with E-state index in [0.29, 0.717) is 36.5 Å². The average Bonchev–Trinajstić information content (AvgIpc) is 2.90. The summed E-state index contributed by atoms with van der Waals surface area (Å²) in [5, 5.41) is 2.82. The van der Waals surface area contributed by atoms with Gasteiger partial charge in [0.05, 0.1) is 6.33 Å². The van der Waals surface area contributed by atoms with E-state index in [4.69, 9.17) is 0 Å². The lowest BCUT2D eigenvalue weighted by Gasteiger charge is -2.06. The van der Waals surface area contributed by atoms with Gasteiger partial charge in [-0.05, 0) is 20.3 Å². The van der Waals surface area contributed by atoms with Gasteiger partial charge < -0.3 is 15.3 Å². The van der Waals surface area contributed by atoms with Crippen molar-refractivity contribution in [2.75, 3.05) is 6.54 Å². The van der Waals surface area contributed by atoms with E-state index in [-0.39, 0.29) is 17.9 Å². The molecule has 7 nitrogen and oxygen atoms in total. The fourth-order valence-corrected chi connectivity index (χ4v) is 2.13. The van der Waals surface area contributed by atoms with Crippen LogP contribution in [0.3, 0.4) is 0 Å². The maximum Gasteiger partial charge on any atom is 0.254 e. The number of carbonyl (C=O) groups excluding carboxylic acids is 1. The van der Waals surface area contributed by atoms with Gasteiger partial charge >= 0.3 is 0 Å². The molecule has 1 amide bonds. The normalized spacial score (nSPS) is 10.6. The highest BCUT2D eigenvalue weighted by molar-refractivity contribution is 5.76. The molecule has 2 rings (SSSR count). The summed E-state index contributed by atoms with van der Waals surface area (Å²) < 4.78 is 0. The molecule has 0 spiro atoms. The predicted octanol–water partition coefficient (Wildman–Crippen LogP) is 0.401. The summed E-state index contributed by atoms with van der Waals surface area (Å²) in [5.41, 5.74) is 2.07. The standard InChI is InChI=1S/C14H19N5O2/c1-9-12(14(21)19-10(2)18-9)3-4-13(20)16-6-5-11-7-15-8-17-11/h7-8H,3-6H2,1-2H3,(H,15,17)(H,16,20)(H,18,19,21). The van der Waals surface area contributed by atoms with Crippen molar-refractivity contribution in [1.82, 2.24) is 25.3 Å². The van der Waals surface area contributed by atoms with Gasteiger partial charge in [-0.2, -0.15) is 0 Å². The van der Waals surface area contributed by atoms with E-state index in [0.717, 1.165) is 5.69 Å². The monoisotopic (exact) mass is 289 g/mol. The molecular formula is C14H19N5O2. The highest BCUT2D eigenvalue weighted by Crippen LogP contribution is 2.02. The Morgan fingerprint density at radius 1 is 1.33 bits per heavy atom. The van der Waals surface area contributed by atoms with Crippen molar-refractivity contribution in [3.63, 3.8) is 0 Å². The van der Waals surface area contributed by atoms with Gasteiger partial charge in [-0.15, -0.1) is 0 Å². The number of carbonyl (C=O) groups is 1. The van der Waals surface area contributed by atoms with Crippen LogP contribution in [0.2, 0.25) is 0 Å². The van der Waals surface area contributed by atoms with Crippen LogP contribution in [0.5, 0.6) is 0 Å². The lowest BCUT2D eigenvalue weighted by atomic mass is 10.1. The van der Waals surface area contributed by atoms with Gasteiger partial charge in [0.15, 0.2) is 0 Å². The number of aromatic amines is 2. The Morgan fingerprint density at radius 3 is 2.81 bits per heavy atom. The Kier molecular flexibility index (Phi) is 4.86. The van der Waals surface area contributed by atoms with Crippen molar-refractivity contribution in [3.8, 4) is 0 Å². The Morgan fingerprint density at radius 2 is 2.14 bits per heavy atom. The molecular weight excluding hydrogens is 270 g/mol. The first kappa shape index (κ1) is 15.0. The number of imidazole rings is 1. The highest BCUT2D eigenvalue weighted by Gasteiger charge is 2.09. The molecule has 0 aliphatic carbocycles. The van der Waals surface area contributed by atoms with Crippen LogP contribution in [0, 0.1) is 13.8 Å². The van der Waals surface area contributed by atoms with Crippen molar-refractivity contribution in [2.45, 2.75) is 33.1 Å². The van der Waals surface area contributed by atoms with E-state index >= 15 is 0 Å². The van der Waals surface area contributed by atoms with E-state index in [9.17, 15) is 9.59 Å². The zero-order valence-electron chi connectivity index (χ0n) is 12.2. The minimum Gasteiger partial charge on any atom is -0.356 e. The molecule has 0 aromatic carbocycles. The first-order chi connectivity index (χ1) is 10.1. The molecule has 0 radical (unpaired) electrons. The van der Waals surface area contributed by atoms with Crippen LogP contribution in [0.15, 0.2) is 17.3 Å². The van der Waals surface area contributed by atoms with E-state index in [1.54, 1.807) is 26.4 Å². The minimum atomic E-state index is -0.162. The minimum absolute atomic E-state index is 0.0751. The predicted molar refractivity (Wildman–Crippen MR) is 78.0 cm³/mol. The van der Waals surface area contributed by atoms with E-state index in [1.165, 1.54) is 0 Å². The van der Waals surface area contributed by atoms with Crippen LogP contribution in [0.1, 0.15) is 29.2 Å². The van der Waals surface area contributed by atoms with Crippen LogP contribution >= 0.6 is 0 Å². The van der Waals surface area contributed by atoms with Gasteiger partial charge in [0.25, 0.3) is 5.56 Å². The molecule has 0 unspecified atom stereocenters. The average molecular weight is 289 g/mol. The molecule has 0 fully saturated rings. The first-order valence-corrected chi connectivity index (χ1v) is 6.86. The quantitative estimate of drug-likeness (QED) is 0.716. The number of hydrogen-bond donors (Lipinski definition) is 3. The van der Waals surface area contributed by atoms with Crippen molar-refractivity contribution < 1.29 is 4.79 Å². The smallest absolute Gasteiger partial charge is 0.254 e. The van der Waals surface area contributed by atoms with Crippen LogP contribution in [0.4, 0.5) is 0 Å². The summed E-state index contributed by atoms with van der Waals surface area (Å²) in [4.78, 5) is 37.3. The number of nitrogens with zero attached hydrogens (tertiary/aromatic N) is 2. The maximum atomic E-state index is 11.8. The molecule has 2 aromatic heterocycles. The third kappa shape index (κ3) is 4.27. The van der Waals surface area contributed by atoms with Crippen LogP contribution < -0.4 is 10.9 Å². The third-order valence-corrected chi connectivity index (χ3v) is 3.21. The first-order valence-electron chi connectivity index (χ1n) is 6.86. The SMILES string of the molecule is Cc1nc(C)c(CCC(=O)NCCc2cnc[nH]2)c(=O)[nH]1. The second-order valence-corrected chi connectivity index (χ2v) is 4.89. The van der Waals surface area contributed by atoms with Crippen LogP contribution in [-0.2, 0) is 17.6 Å². The lowest BCUT2D eigenvalue weighted by Crippen LogP contribution is -2.27. The van der Waals surface area contributed by atoms with Gasteiger partial charge in [0.2, 0.25) is 5.91 Å². The summed E-state index contributed by atoms with van der Waals surface area (Å²) in [6.45, 7) is 4.07. The van der Waals surface area contributed by atoms with Gasteiger partial charge in [0, 0.05) is 42.5 Å². The molecule has 0 bridgehead atoms. The van der Waals surface area contributed by atoms with Crippen molar-refractivity contribution in [1.29, 1.82) is 0 Å². The molecule has 0 saturated carbocycles. The van der Waals surface area contributed by atoms with Crippen LogP contribution in [-0.4, -0.2) is 32.4 Å². The summed E-state index contributed by atoms with van der Waals surface area (Å²) >= 11 is 0. The summed E-state index contributed by atoms with van der Waals surface area (Å²) in [6, 6.07) is 0. The molecule has 2 aromatic rings. The number of amides is 1. The van der Waals surface area contributed by atoms with Gasteiger partial charge in [-0.3, -0.25) is 9.59 Å². The molecule has 0 saturated heterocycles. The number of aromatic nitrogens is 4. The fourth-order valence-electron chi connectivity index (χ4n) is 2.13. The van der Waals surface area contributed by atoms with Crippen molar-refractivity contribution in [3.05, 3.63) is 45.7 Å². The summed E-state index contributed by atoms with van der Waals surface area (Å²) in [5.74, 6) is 0.513. The highest BCUT2D eigenvalue weighted by atomic mass is 16.1. The molecule has 21 heavy (non-hydrogen) atoms. The van der Waals surface area contributed by atoms with Crippen LogP contribution in [0.25, 0.3) is 0 Å². The van der Waals surface area contributed by atoms with Crippen molar-refractivity contribution >= 4 is 5.91 Å². The topological polar surface area (TPSA) is 104 Å². The van der Waals surface area contributed by atoms with E-state index < -0.39 is 0 Å². The Bertz CT molecular complexity index is 660. The number of H-pyrrole nitrogens is 2. The summed E-state index contributed by atoms with van der Waals surface area (Å²) in [6.07, 6.45) is 4.71. The Balaban J connectivity index is 1.80. The summed E-state index contributed by atoms with van der Waals surface area (Å²) in [7, 11) is 0. The Hall–Kier alpha value is -2.44. The Labute approximate surface area is 122 Å². The zero-order chi connectivity index (χ0) is 15.2. The molecule has 0 atom stereocenters. The van der Waals surface area contributed by atoms with Gasteiger partial charge in [-0.1, -0.05) is 0 Å². The maximum absolute atomic E-state index is 11.8. The largest absolute Gasteiger partial charge is 0.356 e. The number of rotatable bonds is 6. The van der Waals surface area contributed by atoms with E-state index in [1.807, 2.05) is 0 Å². The fraction of sp³-hybridized carbons (Fsp3) is 0.429. The third-order valence-electron chi connectivity index (χ3n) is 3.21. The molecule has 7 heteroatoms. The van der Waals surface area contributed by atoms with E-state index in [2.05, 4.69) is 25.3 Å². The number of hydrogen-bond acceptors (Lipinski definition) is 4.